The monoisotopic (exact) mass is 431 g/mol. The van der Waals surface area contributed by atoms with E-state index in [4.69, 9.17) is 4.74 Å². The fourth-order valence-electron chi connectivity index (χ4n) is 4.39. The minimum atomic E-state index is -0.0309. The third-order valence-corrected chi connectivity index (χ3v) is 6.39. The maximum atomic E-state index is 13.4. The molecule has 0 saturated carbocycles. The number of hydrogen-bond donors (Lipinski definition) is 0. The summed E-state index contributed by atoms with van der Waals surface area (Å²) in [6, 6.07) is 6.14. The molecule has 1 aromatic rings. The number of allylic oxidation sites excluding steroid dienone is 6. The van der Waals surface area contributed by atoms with Crippen molar-refractivity contribution < 1.29 is 9.53 Å². The molecule has 0 aliphatic carbocycles. The minimum Gasteiger partial charge on any atom is -0.496 e. The number of nitrogens with zero attached hydrogens (tertiary/aromatic N) is 3. The number of ether oxygens (including phenoxy) is 1. The van der Waals surface area contributed by atoms with Gasteiger partial charge in [0.15, 0.2) is 0 Å². The smallest absolute Gasteiger partial charge is 0.255 e. The van der Waals surface area contributed by atoms with Crippen LogP contribution >= 0.6 is 0 Å². The second-order valence-electron chi connectivity index (χ2n) is 9.00. The van der Waals surface area contributed by atoms with Gasteiger partial charge in [-0.2, -0.15) is 0 Å². The number of hydrogen-bond acceptors (Lipinski definition) is 4. The number of carbonyl (C=O) groups is 1. The molecule has 3 aliphatic rings. The molecule has 0 aromatic heterocycles. The lowest BCUT2D eigenvalue weighted by Gasteiger charge is -2.37. The van der Waals surface area contributed by atoms with Crippen molar-refractivity contribution in [2.45, 2.75) is 26.7 Å². The maximum absolute atomic E-state index is 13.4. The molecule has 5 nitrogen and oxygen atoms in total. The first-order valence-corrected chi connectivity index (χ1v) is 11.3. The van der Waals surface area contributed by atoms with Crippen molar-refractivity contribution in [1.29, 1.82) is 0 Å². The molecule has 4 rings (SSSR count). The van der Waals surface area contributed by atoms with E-state index in [1.54, 1.807) is 18.1 Å². The molecule has 0 spiro atoms. The van der Waals surface area contributed by atoms with E-state index in [1.807, 2.05) is 36.6 Å². The fraction of sp³-hybridized carbons (Fsp3) is 0.370. The molecule has 3 heterocycles. The Balaban J connectivity index is 1.68. The highest BCUT2D eigenvalue weighted by atomic mass is 16.5. The van der Waals surface area contributed by atoms with Gasteiger partial charge in [0.2, 0.25) is 0 Å². The van der Waals surface area contributed by atoms with E-state index in [1.165, 1.54) is 0 Å². The van der Waals surface area contributed by atoms with Gasteiger partial charge in [0.25, 0.3) is 5.91 Å². The van der Waals surface area contributed by atoms with Crippen LogP contribution in [0.5, 0.6) is 5.75 Å². The highest BCUT2D eigenvalue weighted by Gasteiger charge is 2.25. The van der Waals surface area contributed by atoms with Crippen LogP contribution in [0.15, 0.2) is 71.7 Å². The van der Waals surface area contributed by atoms with Crippen LogP contribution in [0.3, 0.4) is 0 Å². The summed E-state index contributed by atoms with van der Waals surface area (Å²) in [6.45, 7) is 10.4. The standard InChI is InChI=1S/C27H33N3O2/c1-19(2)24-16-22(9-10-26(24)32-5)21-7-6-8-25-20(3)15-23(18-30(25)27(31)17-21)29-13-11-28(4)12-14-29/h6-10,15-19H,11-14H2,1-5H3/b7-6?,21-17?,25-8+. The molecule has 1 amide bonds. The predicted octanol–water partition coefficient (Wildman–Crippen LogP) is 4.53. The van der Waals surface area contributed by atoms with Gasteiger partial charge in [-0.3, -0.25) is 9.69 Å². The molecule has 1 fully saturated rings. The van der Waals surface area contributed by atoms with E-state index in [0.717, 1.165) is 65.6 Å². The first-order chi connectivity index (χ1) is 15.4. The lowest BCUT2D eigenvalue weighted by molar-refractivity contribution is -0.122. The normalized spacial score (nSPS) is 21.2. The molecule has 0 radical (unpaired) electrons. The van der Waals surface area contributed by atoms with Crippen molar-refractivity contribution in [3.8, 4) is 5.75 Å². The first-order valence-electron chi connectivity index (χ1n) is 11.3. The van der Waals surface area contributed by atoms with Crippen LogP contribution in [0.25, 0.3) is 5.57 Å². The summed E-state index contributed by atoms with van der Waals surface area (Å²) in [5.41, 5.74) is 6.19. The first kappa shape index (κ1) is 22.2. The molecule has 168 valence electrons. The molecule has 1 aromatic carbocycles. The summed E-state index contributed by atoms with van der Waals surface area (Å²) < 4.78 is 5.53. The molecule has 32 heavy (non-hydrogen) atoms. The van der Waals surface area contributed by atoms with Gasteiger partial charge >= 0.3 is 0 Å². The van der Waals surface area contributed by atoms with E-state index < -0.39 is 0 Å². The number of carbonyl (C=O) groups excluding carboxylic acids is 1. The summed E-state index contributed by atoms with van der Waals surface area (Å²) in [5, 5.41) is 0. The predicted molar refractivity (Wildman–Crippen MR) is 130 cm³/mol. The zero-order valence-corrected chi connectivity index (χ0v) is 19.8. The Labute approximate surface area is 191 Å². The van der Waals surface area contributed by atoms with Crippen LogP contribution in [-0.4, -0.2) is 60.9 Å². The van der Waals surface area contributed by atoms with Crippen molar-refractivity contribution in [2.75, 3.05) is 40.3 Å². The highest BCUT2D eigenvalue weighted by Crippen LogP contribution is 2.32. The van der Waals surface area contributed by atoms with E-state index in [2.05, 4.69) is 49.8 Å². The zero-order chi connectivity index (χ0) is 22.8. The molecular weight excluding hydrogens is 398 g/mol. The van der Waals surface area contributed by atoms with Crippen molar-refractivity contribution >= 4 is 11.5 Å². The molecule has 0 unspecified atom stereocenters. The Morgan fingerprint density at radius 3 is 2.50 bits per heavy atom. The van der Waals surface area contributed by atoms with Crippen LogP contribution in [0.2, 0.25) is 0 Å². The second kappa shape index (κ2) is 9.21. The lowest BCUT2D eigenvalue weighted by Crippen LogP contribution is -2.44. The number of fused-ring (bicyclic) bond motifs is 1. The summed E-state index contributed by atoms with van der Waals surface area (Å²) in [5.74, 6) is 1.18. The third-order valence-electron chi connectivity index (χ3n) is 6.39. The topological polar surface area (TPSA) is 36.0 Å². The summed E-state index contributed by atoms with van der Waals surface area (Å²) in [7, 11) is 3.85. The maximum Gasteiger partial charge on any atom is 0.255 e. The summed E-state index contributed by atoms with van der Waals surface area (Å²) >= 11 is 0. The van der Waals surface area contributed by atoms with Gasteiger partial charge in [-0.15, -0.1) is 0 Å². The molecule has 0 atom stereocenters. The van der Waals surface area contributed by atoms with Crippen LogP contribution in [0.4, 0.5) is 0 Å². The average Bonchev–Trinajstić information content (AvgIpc) is 2.77. The van der Waals surface area contributed by atoms with Gasteiger partial charge in [-0.25, -0.2) is 0 Å². The zero-order valence-electron chi connectivity index (χ0n) is 19.8. The van der Waals surface area contributed by atoms with Gasteiger partial charge in [0.05, 0.1) is 18.5 Å². The summed E-state index contributed by atoms with van der Waals surface area (Å²) in [6.07, 6.45) is 12.0. The van der Waals surface area contributed by atoms with Crippen molar-refractivity contribution in [1.82, 2.24) is 14.7 Å². The van der Waals surface area contributed by atoms with E-state index >= 15 is 0 Å². The van der Waals surface area contributed by atoms with E-state index in [0.29, 0.717) is 5.92 Å². The Kier molecular flexibility index (Phi) is 6.38. The van der Waals surface area contributed by atoms with Gasteiger partial charge in [-0.1, -0.05) is 32.1 Å². The summed E-state index contributed by atoms with van der Waals surface area (Å²) in [4.78, 5) is 19.9. The minimum absolute atomic E-state index is 0.0309. The third kappa shape index (κ3) is 4.44. The number of likely N-dealkylation sites (N-methyl/N-ethyl adjacent to an activating group) is 1. The van der Waals surface area contributed by atoms with E-state index in [-0.39, 0.29) is 5.91 Å². The molecular formula is C27H33N3O2. The van der Waals surface area contributed by atoms with Gasteiger partial charge < -0.3 is 14.5 Å². The van der Waals surface area contributed by atoms with Crippen LogP contribution in [0.1, 0.15) is 37.8 Å². The average molecular weight is 432 g/mol. The molecule has 3 aliphatic heterocycles. The fourth-order valence-corrected chi connectivity index (χ4v) is 4.39. The van der Waals surface area contributed by atoms with Crippen LogP contribution < -0.4 is 4.74 Å². The lowest BCUT2D eigenvalue weighted by atomic mass is 9.95. The number of rotatable bonds is 4. The Bertz CT molecular complexity index is 1050. The Morgan fingerprint density at radius 2 is 1.81 bits per heavy atom. The van der Waals surface area contributed by atoms with Crippen LogP contribution in [0, 0.1) is 0 Å². The van der Waals surface area contributed by atoms with Gasteiger partial charge in [0.1, 0.15) is 5.75 Å². The van der Waals surface area contributed by atoms with Crippen molar-refractivity contribution in [3.05, 3.63) is 82.9 Å². The number of amides is 1. The Hall–Kier alpha value is -3.05. The van der Waals surface area contributed by atoms with Crippen molar-refractivity contribution in [3.63, 3.8) is 0 Å². The second-order valence-corrected chi connectivity index (χ2v) is 9.00. The SMILES string of the molecule is COc1ccc(C2=CC(=O)N3C=C(N4CCN(C)CC4)C=C(C)/C3=C\C=C2)cc1C(C)C. The Morgan fingerprint density at radius 1 is 1.06 bits per heavy atom. The molecule has 5 heteroatoms. The molecule has 0 bridgehead atoms. The number of methoxy groups -OCH3 is 1. The van der Waals surface area contributed by atoms with Gasteiger partial charge in [0, 0.05) is 38.5 Å². The van der Waals surface area contributed by atoms with Crippen LogP contribution in [-0.2, 0) is 4.79 Å². The van der Waals surface area contributed by atoms with Crippen molar-refractivity contribution in [2.24, 2.45) is 0 Å². The number of piperazine rings is 1. The van der Waals surface area contributed by atoms with Gasteiger partial charge in [-0.05, 0) is 66.4 Å². The highest BCUT2D eigenvalue weighted by molar-refractivity contribution is 6.00. The largest absolute Gasteiger partial charge is 0.496 e. The van der Waals surface area contributed by atoms with E-state index in [9.17, 15) is 4.79 Å². The molecule has 0 N–H and O–H groups in total. The quantitative estimate of drug-likeness (QED) is 0.702. The molecule has 1 saturated heterocycles. The number of benzene rings is 1.